The van der Waals surface area contributed by atoms with E-state index in [0.717, 1.165) is 38.3 Å². The van der Waals surface area contributed by atoms with Gasteiger partial charge in [-0.05, 0) is 20.0 Å². The fourth-order valence-electron chi connectivity index (χ4n) is 1.90. The number of aliphatic carboxylic acids is 1. The summed E-state index contributed by atoms with van der Waals surface area (Å²) < 4.78 is 0. The van der Waals surface area contributed by atoms with Crippen molar-refractivity contribution in [3.63, 3.8) is 0 Å². The lowest BCUT2D eigenvalue weighted by Crippen LogP contribution is -2.39. The smallest absolute Gasteiger partial charge is 0.307 e. The molecule has 4 heteroatoms. The largest absolute Gasteiger partial charge is 0.481 e. The molecule has 18 heavy (non-hydrogen) atoms. The first-order chi connectivity index (χ1) is 8.40. The molecule has 0 amide bonds. The maximum Gasteiger partial charge on any atom is 0.307 e. The number of hydrogen-bond donors (Lipinski definition) is 1. The van der Waals surface area contributed by atoms with Crippen molar-refractivity contribution in [1.29, 1.82) is 0 Å². The second kappa shape index (κ2) is 9.11. The second-order valence-electron chi connectivity index (χ2n) is 4.96. The second-order valence-corrected chi connectivity index (χ2v) is 4.96. The fourth-order valence-corrected chi connectivity index (χ4v) is 1.90. The Morgan fingerprint density at radius 1 is 1.22 bits per heavy atom. The van der Waals surface area contributed by atoms with Gasteiger partial charge in [0.1, 0.15) is 0 Å². The Labute approximate surface area is 111 Å². The van der Waals surface area contributed by atoms with Gasteiger partial charge in [-0.2, -0.15) is 0 Å². The molecule has 106 valence electrons. The van der Waals surface area contributed by atoms with Crippen LogP contribution >= 0.6 is 0 Å². The molecule has 0 aliphatic carbocycles. The van der Waals surface area contributed by atoms with E-state index in [4.69, 9.17) is 5.11 Å². The Morgan fingerprint density at radius 3 is 2.11 bits per heavy atom. The van der Waals surface area contributed by atoms with E-state index in [0.29, 0.717) is 6.54 Å². The Morgan fingerprint density at radius 2 is 1.72 bits per heavy atom. The van der Waals surface area contributed by atoms with E-state index < -0.39 is 5.97 Å². The molecule has 0 bridgehead atoms. The molecule has 0 heterocycles. The fraction of sp³-hybridized carbons (Fsp3) is 0.786. The van der Waals surface area contributed by atoms with Crippen molar-refractivity contribution in [2.45, 2.75) is 27.7 Å². The molecule has 0 aromatic heterocycles. The maximum atomic E-state index is 10.9. The number of nitrogens with zero attached hydrogens (tertiary/aromatic N) is 2. The van der Waals surface area contributed by atoms with Crippen molar-refractivity contribution in [3.8, 4) is 0 Å². The van der Waals surface area contributed by atoms with Gasteiger partial charge in [-0.25, -0.2) is 0 Å². The average molecular weight is 256 g/mol. The van der Waals surface area contributed by atoms with Crippen LogP contribution in [0.1, 0.15) is 27.7 Å². The quantitative estimate of drug-likeness (QED) is 0.607. The van der Waals surface area contributed by atoms with Crippen molar-refractivity contribution in [2.75, 3.05) is 39.3 Å². The van der Waals surface area contributed by atoms with Crippen molar-refractivity contribution < 1.29 is 9.90 Å². The first-order valence-corrected chi connectivity index (χ1v) is 6.72. The van der Waals surface area contributed by atoms with E-state index in [9.17, 15) is 4.79 Å². The highest BCUT2D eigenvalue weighted by Crippen LogP contribution is 2.04. The lowest BCUT2D eigenvalue weighted by molar-refractivity contribution is -0.141. The summed E-state index contributed by atoms with van der Waals surface area (Å²) in [7, 11) is 0. The molecule has 1 unspecified atom stereocenters. The number of hydrogen-bond acceptors (Lipinski definition) is 3. The highest BCUT2D eigenvalue weighted by atomic mass is 16.4. The molecule has 0 aliphatic heterocycles. The van der Waals surface area contributed by atoms with Crippen LogP contribution in [0.5, 0.6) is 0 Å². The minimum atomic E-state index is -0.732. The van der Waals surface area contributed by atoms with E-state index in [2.05, 4.69) is 30.2 Å². The summed E-state index contributed by atoms with van der Waals surface area (Å²) >= 11 is 0. The number of likely N-dealkylation sites (N-methyl/N-ethyl adjacent to an activating group) is 1. The molecule has 0 rings (SSSR count). The minimum absolute atomic E-state index is 0.332. The Bertz CT molecular complexity index is 263. The van der Waals surface area contributed by atoms with Crippen LogP contribution in [0.25, 0.3) is 0 Å². The molecule has 1 N–H and O–H groups in total. The monoisotopic (exact) mass is 256 g/mol. The first-order valence-electron chi connectivity index (χ1n) is 6.72. The summed E-state index contributed by atoms with van der Waals surface area (Å²) in [5.74, 6) is -1.06. The van der Waals surface area contributed by atoms with Crippen LogP contribution in [0.3, 0.4) is 0 Å². The molecule has 0 radical (unpaired) electrons. The summed E-state index contributed by atoms with van der Waals surface area (Å²) in [5, 5.41) is 8.98. The predicted octanol–water partition coefficient (Wildman–Crippen LogP) is 1.93. The van der Waals surface area contributed by atoms with Gasteiger partial charge in [0.2, 0.25) is 0 Å². The Kier molecular flexibility index (Phi) is 8.67. The van der Waals surface area contributed by atoms with Gasteiger partial charge in [-0.1, -0.05) is 32.9 Å². The Balaban J connectivity index is 4.30. The van der Waals surface area contributed by atoms with E-state index >= 15 is 0 Å². The summed E-state index contributed by atoms with van der Waals surface area (Å²) in [6.07, 6.45) is 0. The van der Waals surface area contributed by atoms with Gasteiger partial charge in [0.05, 0.1) is 5.92 Å². The third-order valence-electron chi connectivity index (χ3n) is 3.07. The minimum Gasteiger partial charge on any atom is -0.481 e. The van der Waals surface area contributed by atoms with E-state index in [1.807, 2.05) is 6.92 Å². The van der Waals surface area contributed by atoms with Crippen LogP contribution in [0.15, 0.2) is 12.2 Å². The first kappa shape index (κ1) is 17.1. The average Bonchev–Trinajstić information content (AvgIpc) is 2.29. The van der Waals surface area contributed by atoms with Gasteiger partial charge in [-0.3, -0.25) is 9.69 Å². The summed E-state index contributed by atoms with van der Waals surface area (Å²) in [4.78, 5) is 15.4. The third-order valence-corrected chi connectivity index (χ3v) is 3.07. The van der Waals surface area contributed by atoms with E-state index in [1.165, 1.54) is 0 Å². The molecular formula is C14H28N2O2. The molecule has 0 fully saturated rings. The van der Waals surface area contributed by atoms with Gasteiger partial charge < -0.3 is 10.0 Å². The SMILES string of the molecule is C=C(C)CN(CCN(CC)CC)CC(C)C(=O)O. The zero-order chi connectivity index (χ0) is 14.1. The van der Waals surface area contributed by atoms with Crippen molar-refractivity contribution in [2.24, 2.45) is 5.92 Å². The molecule has 0 saturated heterocycles. The zero-order valence-corrected chi connectivity index (χ0v) is 12.3. The highest BCUT2D eigenvalue weighted by Gasteiger charge is 2.16. The lowest BCUT2D eigenvalue weighted by Gasteiger charge is -2.27. The normalized spacial score (nSPS) is 13.0. The maximum absolute atomic E-state index is 10.9. The van der Waals surface area contributed by atoms with Gasteiger partial charge in [0, 0.05) is 26.2 Å². The number of carboxylic acids is 1. The van der Waals surface area contributed by atoms with Crippen LogP contribution in [0.4, 0.5) is 0 Å². The molecule has 1 atom stereocenters. The topological polar surface area (TPSA) is 43.8 Å². The van der Waals surface area contributed by atoms with Crippen LogP contribution in [0, 0.1) is 5.92 Å². The number of carboxylic acid groups (broad SMARTS) is 1. The van der Waals surface area contributed by atoms with Crippen LogP contribution in [-0.2, 0) is 4.79 Å². The number of rotatable bonds is 10. The van der Waals surface area contributed by atoms with Crippen molar-refractivity contribution >= 4 is 5.97 Å². The molecule has 0 spiro atoms. The van der Waals surface area contributed by atoms with Crippen LogP contribution in [-0.4, -0.2) is 60.1 Å². The lowest BCUT2D eigenvalue weighted by atomic mass is 10.1. The van der Waals surface area contributed by atoms with Gasteiger partial charge in [0.15, 0.2) is 0 Å². The summed E-state index contributed by atoms with van der Waals surface area (Å²) in [6.45, 7) is 17.2. The van der Waals surface area contributed by atoms with Crippen LogP contribution in [0.2, 0.25) is 0 Å². The summed E-state index contributed by atoms with van der Waals surface area (Å²) in [6, 6.07) is 0. The zero-order valence-electron chi connectivity index (χ0n) is 12.3. The van der Waals surface area contributed by atoms with Gasteiger partial charge >= 0.3 is 5.97 Å². The summed E-state index contributed by atoms with van der Waals surface area (Å²) in [5.41, 5.74) is 1.08. The molecule has 4 nitrogen and oxygen atoms in total. The standard InChI is InChI=1S/C14H28N2O2/c1-6-15(7-2)8-9-16(10-12(3)4)11-13(5)14(17)18/h13H,3,6-11H2,1-2,4-5H3,(H,17,18). The molecule has 0 aromatic carbocycles. The van der Waals surface area contributed by atoms with E-state index in [-0.39, 0.29) is 5.92 Å². The number of carbonyl (C=O) groups is 1. The molecule has 0 saturated carbocycles. The molecule has 0 aromatic rings. The Hall–Kier alpha value is -0.870. The third kappa shape index (κ3) is 7.45. The van der Waals surface area contributed by atoms with Gasteiger partial charge in [0.25, 0.3) is 0 Å². The predicted molar refractivity (Wildman–Crippen MR) is 75.8 cm³/mol. The molecular weight excluding hydrogens is 228 g/mol. The van der Waals surface area contributed by atoms with Crippen molar-refractivity contribution in [3.05, 3.63) is 12.2 Å². The van der Waals surface area contributed by atoms with Gasteiger partial charge in [-0.15, -0.1) is 0 Å². The van der Waals surface area contributed by atoms with Crippen LogP contribution < -0.4 is 0 Å². The van der Waals surface area contributed by atoms with E-state index in [1.54, 1.807) is 6.92 Å². The highest BCUT2D eigenvalue weighted by molar-refractivity contribution is 5.69. The molecule has 0 aliphatic rings. The van der Waals surface area contributed by atoms with Crippen molar-refractivity contribution in [1.82, 2.24) is 9.80 Å².